The number of aryl methyl sites for hydroxylation is 2. The molecule has 2 atom stereocenters. The van der Waals surface area contributed by atoms with Crippen LogP contribution in [0.25, 0.3) is 0 Å². The van der Waals surface area contributed by atoms with Gasteiger partial charge >= 0.3 is 0 Å². The van der Waals surface area contributed by atoms with Crippen LogP contribution in [0.4, 0.5) is 0 Å². The van der Waals surface area contributed by atoms with E-state index in [9.17, 15) is 0 Å². The summed E-state index contributed by atoms with van der Waals surface area (Å²) in [6.45, 7) is 8.87. The fraction of sp³-hybridized carbons (Fsp3) is 0.538. The summed E-state index contributed by atoms with van der Waals surface area (Å²) < 4.78 is 0. The summed E-state index contributed by atoms with van der Waals surface area (Å²) in [5.74, 6) is 0. The van der Waals surface area contributed by atoms with E-state index in [1.807, 2.05) is 0 Å². The molecule has 1 fully saturated rings. The van der Waals surface area contributed by atoms with Crippen LogP contribution in [-0.2, 0) is 5.54 Å². The summed E-state index contributed by atoms with van der Waals surface area (Å²) in [4.78, 5) is 0. The lowest BCUT2D eigenvalue weighted by atomic mass is 9.90. The molecule has 1 heteroatoms. The highest BCUT2D eigenvalue weighted by Crippen LogP contribution is 2.41. The van der Waals surface area contributed by atoms with Gasteiger partial charge in [-0.05, 0) is 32.8 Å². The fourth-order valence-electron chi connectivity index (χ4n) is 2.52. The van der Waals surface area contributed by atoms with Crippen molar-refractivity contribution in [1.82, 2.24) is 5.32 Å². The van der Waals surface area contributed by atoms with Crippen molar-refractivity contribution in [3.63, 3.8) is 0 Å². The molecule has 1 aliphatic heterocycles. The number of benzene rings is 1. The lowest BCUT2D eigenvalue weighted by Crippen LogP contribution is -2.13. The lowest BCUT2D eigenvalue weighted by molar-refractivity contribution is 0.624. The Labute approximate surface area is 86.5 Å². The van der Waals surface area contributed by atoms with Crippen molar-refractivity contribution in [3.05, 3.63) is 34.9 Å². The van der Waals surface area contributed by atoms with E-state index in [1.165, 1.54) is 23.1 Å². The van der Waals surface area contributed by atoms with Gasteiger partial charge in [-0.25, -0.2) is 0 Å². The number of hydrogen-bond donors (Lipinski definition) is 1. The van der Waals surface area contributed by atoms with Crippen molar-refractivity contribution in [3.8, 4) is 0 Å². The Kier molecular flexibility index (Phi) is 2.15. The van der Waals surface area contributed by atoms with Gasteiger partial charge in [0.1, 0.15) is 0 Å². The minimum absolute atomic E-state index is 0.275. The second-order valence-electron chi connectivity index (χ2n) is 4.57. The molecule has 0 aliphatic carbocycles. The zero-order valence-corrected chi connectivity index (χ0v) is 9.52. The van der Waals surface area contributed by atoms with E-state index < -0.39 is 0 Å². The van der Waals surface area contributed by atoms with Gasteiger partial charge in [-0.2, -0.15) is 0 Å². The minimum Gasteiger partial charge on any atom is -0.301 e. The quantitative estimate of drug-likeness (QED) is 0.710. The van der Waals surface area contributed by atoms with Crippen molar-refractivity contribution >= 4 is 0 Å². The third-order valence-corrected chi connectivity index (χ3v) is 3.42. The number of rotatable bonds is 2. The largest absolute Gasteiger partial charge is 0.301 e. The van der Waals surface area contributed by atoms with Crippen molar-refractivity contribution in [1.29, 1.82) is 0 Å². The maximum Gasteiger partial charge on any atom is 0.0587 e. The smallest absolute Gasteiger partial charge is 0.0587 e. The molecule has 1 N–H and O–H groups in total. The molecule has 1 aliphatic rings. The van der Waals surface area contributed by atoms with Crippen LogP contribution in [-0.4, -0.2) is 6.04 Å². The molecular formula is C13H19N. The first-order chi connectivity index (χ1) is 6.58. The third kappa shape index (κ3) is 1.36. The SMILES string of the molecule is CCC1(c2cc(C)cc(C)c2)NC1C. The second kappa shape index (κ2) is 3.09. The van der Waals surface area contributed by atoms with E-state index in [2.05, 4.69) is 51.2 Å². The van der Waals surface area contributed by atoms with Gasteiger partial charge in [0.2, 0.25) is 0 Å². The highest BCUT2D eigenvalue weighted by molar-refractivity contribution is 5.39. The van der Waals surface area contributed by atoms with Gasteiger partial charge in [0.25, 0.3) is 0 Å². The monoisotopic (exact) mass is 189 g/mol. The first-order valence-corrected chi connectivity index (χ1v) is 5.45. The van der Waals surface area contributed by atoms with Crippen LogP contribution in [0.15, 0.2) is 18.2 Å². The van der Waals surface area contributed by atoms with Gasteiger partial charge < -0.3 is 5.32 Å². The molecule has 2 unspecified atom stereocenters. The van der Waals surface area contributed by atoms with Crippen LogP contribution in [0.2, 0.25) is 0 Å². The molecule has 76 valence electrons. The third-order valence-electron chi connectivity index (χ3n) is 3.42. The van der Waals surface area contributed by atoms with Crippen LogP contribution in [0.3, 0.4) is 0 Å². The van der Waals surface area contributed by atoms with Crippen LogP contribution < -0.4 is 5.32 Å². The van der Waals surface area contributed by atoms with Gasteiger partial charge in [0.05, 0.1) is 5.54 Å². The molecule has 1 nitrogen and oxygen atoms in total. The zero-order valence-electron chi connectivity index (χ0n) is 9.52. The molecule has 1 aromatic carbocycles. The van der Waals surface area contributed by atoms with Crippen molar-refractivity contribution in [2.24, 2.45) is 0 Å². The molecule has 2 rings (SSSR count). The number of nitrogens with one attached hydrogen (secondary N) is 1. The molecule has 0 bridgehead atoms. The molecule has 1 heterocycles. The highest BCUT2D eigenvalue weighted by atomic mass is 15.2. The maximum atomic E-state index is 3.57. The summed E-state index contributed by atoms with van der Waals surface area (Å²) in [5.41, 5.74) is 4.48. The van der Waals surface area contributed by atoms with Crippen molar-refractivity contribution in [2.75, 3.05) is 0 Å². The summed E-state index contributed by atoms with van der Waals surface area (Å²) in [6.07, 6.45) is 1.18. The Balaban J connectivity index is 2.41. The molecule has 0 aromatic heterocycles. The van der Waals surface area contributed by atoms with Crippen LogP contribution >= 0.6 is 0 Å². The molecule has 0 saturated carbocycles. The normalized spacial score (nSPS) is 30.4. The first-order valence-electron chi connectivity index (χ1n) is 5.45. The van der Waals surface area contributed by atoms with E-state index in [0.29, 0.717) is 6.04 Å². The van der Waals surface area contributed by atoms with Crippen LogP contribution in [0.5, 0.6) is 0 Å². The van der Waals surface area contributed by atoms with Crippen LogP contribution in [0, 0.1) is 13.8 Å². The molecule has 0 radical (unpaired) electrons. The van der Waals surface area contributed by atoms with Gasteiger partial charge in [-0.15, -0.1) is 0 Å². The van der Waals surface area contributed by atoms with Gasteiger partial charge in [0, 0.05) is 6.04 Å². The van der Waals surface area contributed by atoms with Crippen molar-refractivity contribution < 1.29 is 0 Å². The fourth-order valence-corrected chi connectivity index (χ4v) is 2.52. The van der Waals surface area contributed by atoms with E-state index in [-0.39, 0.29) is 5.54 Å². The lowest BCUT2D eigenvalue weighted by Gasteiger charge is -2.14. The predicted molar refractivity (Wildman–Crippen MR) is 60.5 cm³/mol. The summed E-state index contributed by atoms with van der Waals surface area (Å²) in [6, 6.07) is 7.49. The Morgan fingerprint density at radius 2 is 1.71 bits per heavy atom. The average Bonchev–Trinajstić information content (AvgIpc) is 2.76. The zero-order chi connectivity index (χ0) is 10.3. The minimum atomic E-state index is 0.275. The highest BCUT2D eigenvalue weighted by Gasteiger charge is 2.50. The Morgan fingerprint density at radius 3 is 2.07 bits per heavy atom. The molecule has 14 heavy (non-hydrogen) atoms. The van der Waals surface area contributed by atoms with Crippen LogP contribution in [0.1, 0.15) is 37.0 Å². The molecule has 0 spiro atoms. The van der Waals surface area contributed by atoms with Gasteiger partial charge in [0.15, 0.2) is 0 Å². The van der Waals surface area contributed by atoms with E-state index in [4.69, 9.17) is 0 Å². The second-order valence-corrected chi connectivity index (χ2v) is 4.57. The Bertz CT molecular complexity index is 332. The Morgan fingerprint density at radius 1 is 1.21 bits per heavy atom. The first kappa shape index (κ1) is 9.72. The Hall–Kier alpha value is -0.820. The average molecular weight is 189 g/mol. The topological polar surface area (TPSA) is 21.9 Å². The molecule has 1 aromatic rings. The van der Waals surface area contributed by atoms with Gasteiger partial charge in [-0.3, -0.25) is 0 Å². The maximum absolute atomic E-state index is 3.57. The number of hydrogen-bond acceptors (Lipinski definition) is 1. The van der Waals surface area contributed by atoms with E-state index >= 15 is 0 Å². The predicted octanol–water partition coefficient (Wildman–Crippen LogP) is 2.90. The molecule has 0 amide bonds. The summed E-state index contributed by atoms with van der Waals surface area (Å²) in [5, 5.41) is 3.57. The summed E-state index contributed by atoms with van der Waals surface area (Å²) in [7, 11) is 0. The molecular weight excluding hydrogens is 170 g/mol. The van der Waals surface area contributed by atoms with E-state index in [0.717, 1.165) is 0 Å². The van der Waals surface area contributed by atoms with E-state index in [1.54, 1.807) is 0 Å². The molecule has 1 saturated heterocycles. The summed E-state index contributed by atoms with van der Waals surface area (Å²) >= 11 is 0. The standard InChI is InChI=1S/C13H19N/c1-5-13(11(4)14-13)12-7-9(2)6-10(3)8-12/h6-8,11,14H,5H2,1-4H3. The van der Waals surface area contributed by atoms with Gasteiger partial charge in [-0.1, -0.05) is 36.2 Å². The van der Waals surface area contributed by atoms with Crippen molar-refractivity contribution in [2.45, 2.75) is 45.7 Å².